The van der Waals surface area contributed by atoms with Crippen molar-refractivity contribution in [2.24, 2.45) is 0 Å². The molecular formula is C56H60. The summed E-state index contributed by atoms with van der Waals surface area (Å²) < 4.78 is 0. The van der Waals surface area contributed by atoms with Crippen LogP contribution in [0.4, 0.5) is 0 Å². The monoisotopic (exact) mass is 732 g/mol. The molecule has 0 radical (unpaired) electrons. The molecule has 0 heteroatoms. The van der Waals surface area contributed by atoms with E-state index >= 15 is 0 Å². The fourth-order valence-electron chi connectivity index (χ4n) is 8.14. The predicted octanol–water partition coefficient (Wildman–Crippen LogP) is 16.4. The first-order valence-corrected chi connectivity index (χ1v) is 20.4. The van der Waals surface area contributed by atoms with Crippen LogP contribution in [-0.4, -0.2) is 0 Å². The van der Waals surface area contributed by atoms with Gasteiger partial charge in [0, 0.05) is 0 Å². The van der Waals surface area contributed by atoms with Crippen LogP contribution in [0.2, 0.25) is 0 Å². The largest absolute Gasteiger partial charge is 0.0683 e. The maximum atomic E-state index is 2.44. The van der Waals surface area contributed by atoms with Crippen LogP contribution < -0.4 is 0 Å². The van der Waals surface area contributed by atoms with Crippen LogP contribution >= 0.6 is 0 Å². The first kappa shape index (κ1) is 40.2. The first-order chi connectivity index (χ1) is 26.7. The van der Waals surface area contributed by atoms with Gasteiger partial charge in [0.2, 0.25) is 0 Å². The molecule has 0 aliphatic rings. The summed E-state index contributed by atoms with van der Waals surface area (Å²) in [5.41, 5.74) is 31.1. The predicted molar refractivity (Wildman–Crippen MR) is 247 cm³/mol. The van der Waals surface area contributed by atoms with E-state index in [4.69, 9.17) is 0 Å². The van der Waals surface area contributed by atoms with Crippen molar-refractivity contribution in [1.29, 1.82) is 0 Å². The van der Waals surface area contributed by atoms with Crippen molar-refractivity contribution in [2.45, 2.75) is 96.9 Å². The van der Waals surface area contributed by atoms with Crippen molar-refractivity contribution in [3.63, 3.8) is 0 Å². The van der Waals surface area contributed by atoms with Gasteiger partial charge in [-0.05, 0) is 253 Å². The van der Waals surface area contributed by atoms with E-state index in [2.05, 4.69) is 192 Å². The molecule has 0 heterocycles. The van der Waals surface area contributed by atoms with Crippen molar-refractivity contribution < 1.29 is 0 Å². The van der Waals surface area contributed by atoms with Crippen molar-refractivity contribution in [3.8, 4) is 66.8 Å². The third-order valence-electron chi connectivity index (χ3n) is 12.5. The van der Waals surface area contributed by atoms with Gasteiger partial charge in [-0.3, -0.25) is 0 Å². The summed E-state index contributed by atoms with van der Waals surface area (Å²) in [4.78, 5) is 0. The van der Waals surface area contributed by atoms with E-state index in [1.165, 1.54) is 134 Å². The second-order valence-electron chi connectivity index (χ2n) is 16.0. The highest BCUT2D eigenvalue weighted by Gasteiger charge is 2.18. The number of hydrogen-bond acceptors (Lipinski definition) is 0. The van der Waals surface area contributed by atoms with Crippen LogP contribution in [0.15, 0.2) is 109 Å². The molecule has 7 rings (SSSR count). The Morgan fingerprint density at radius 1 is 0.214 bits per heavy atom. The molecule has 0 fully saturated rings. The molecule has 0 aliphatic carbocycles. The van der Waals surface area contributed by atoms with Gasteiger partial charge in [0.05, 0.1) is 0 Å². The Labute approximate surface area is 338 Å². The molecule has 0 aromatic heterocycles. The van der Waals surface area contributed by atoms with Gasteiger partial charge in [0.25, 0.3) is 0 Å². The van der Waals surface area contributed by atoms with Gasteiger partial charge in [0.1, 0.15) is 0 Å². The van der Waals surface area contributed by atoms with E-state index in [-0.39, 0.29) is 0 Å². The lowest BCUT2D eigenvalue weighted by Crippen LogP contribution is -1.96. The van der Waals surface area contributed by atoms with Crippen LogP contribution in [0, 0.1) is 83.1 Å². The van der Waals surface area contributed by atoms with Crippen LogP contribution in [-0.2, 0) is 0 Å². The fraction of sp³-hybridized carbons (Fsp3) is 0.250. The van der Waals surface area contributed by atoms with Crippen molar-refractivity contribution in [2.75, 3.05) is 0 Å². The maximum Gasteiger partial charge on any atom is -0.0142 e. The summed E-state index contributed by atoms with van der Waals surface area (Å²) in [5, 5.41) is 0. The average Bonchev–Trinajstić information content (AvgIpc) is 3.19. The number of aryl methyl sites for hydroxylation is 7. The van der Waals surface area contributed by atoms with Gasteiger partial charge in [-0.25, -0.2) is 0 Å². The molecule has 0 saturated heterocycles. The molecule has 56 heavy (non-hydrogen) atoms. The quantitative estimate of drug-likeness (QED) is 0.160. The summed E-state index contributed by atoms with van der Waals surface area (Å²) in [5.74, 6) is 0. The van der Waals surface area contributed by atoms with Gasteiger partial charge < -0.3 is 0 Å². The Kier molecular flexibility index (Phi) is 11.7. The average molecular weight is 733 g/mol. The molecular weight excluding hydrogens is 673 g/mol. The number of hydrogen-bond donors (Lipinski definition) is 0. The molecule has 0 aliphatic heterocycles. The lowest BCUT2D eigenvalue weighted by Gasteiger charge is -2.20. The highest BCUT2D eigenvalue weighted by Crippen LogP contribution is 2.42. The topological polar surface area (TPSA) is 0 Å². The lowest BCUT2D eigenvalue weighted by atomic mass is 9.84. The Morgan fingerprint density at radius 2 is 0.464 bits per heavy atom. The van der Waals surface area contributed by atoms with Crippen molar-refractivity contribution in [3.05, 3.63) is 176 Å². The molecule has 0 unspecified atom stereocenters. The fourth-order valence-corrected chi connectivity index (χ4v) is 8.14. The van der Waals surface area contributed by atoms with Crippen molar-refractivity contribution >= 4 is 0 Å². The van der Waals surface area contributed by atoms with E-state index < -0.39 is 0 Å². The first-order valence-electron chi connectivity index (χ1n) is 20.4. The summed E-state index contributed by atoms with van der Waals surface area (Å²) in [7, 11) is 0. The molecule has 0 bridgehead atoms. The molecule has 0 spiro atoms. The van der Waals surface area contributed by atoms with E-state index in [0.29, 0.717) is 0 Å². The normalized spacial score (nSPS) is 11.0. The standard InChI is InChI=1S/C54H54.C2H6/c1-31-19-49(20-32(2)38(31)8)52-28-44(18-37(7)41(52)11)46-25-45(43-16-14-13-15-17-43)26-47(27-46)48-29-53(50-21-33(3)39(9)34(4)22-50)42(12)54(30-48)51-23-35(5)40(10)36(6)24-51;1-2/h13-30H,1-12H3;1-2H3. The van der Waals surface area contributed by atoms with E-state index in [1.54, 1.807) is 0 Å². The Balaban J connectivity index is 0.00000262. The second-order valence-corrected chi connectivity index (χ2v) is 16.0. The highest BCUT2D eigenvalue weighted by atomic mass is 14.2. The van der Waals surface area contributed by atoms with Crippen LogP contribution in [0.3, 0.4) is 0 Å². The molecule has 284 valence electrons. The zero-order valence-corrected chi connectivity index (χ0v) is 36.4. The van der Waals surface area contributed by atoms with Crippen LogP contribution in [0.25, 0.3) is 66.8 Å². The third-order valence-corrected chi connectivity index (χ3v) is 12.5. The van der Waals surface area contributed by atoms with Gasteiger partial charge >= 0.3 is 0 Å². The molecule has 0 nitrogen and oxygen atoms in total. The van der Waals surface area contributed by atoms with E-state index in [9.17, 15) is 0 Å². The SMILES string of the molecule is CC.Cc1cc(-c2cc(-c3cc(-c4ccccc4)cc(-c4cc(-c5cc(C)c(C)c(C)c5)c(C)c(-c5cc(C)c(C)c(C)c5)c4)c3)cc(C)c2C)cc(C)c1C. The lowest BCUT2D eigenvalue weighted by molar-refractivity contribution is 1.26. The Bertz CT molecular complexity index is 2440. The zero-order chi connectivity index (χ0) is 40.6. The van der Waals surface area contributed by atoms with E-state index in [1.807, 2.05) is 13.8 Å². The Hall–Kier alpha value is -5.46. The van der Waals surface area contributed by atoms with Crippen LogP contribution in [0.1, 0.15) is 80.6 Å². The zero-order valence-electron chi connectivity index (χ0n) is 36.4. The maximum absolute atomic E-state index is 2.44. The second kappa shape index (κ2) is 16.3. The minimum atomic E-state index is 1.22. The third kappa shape index (κ3) is 7.81. The van der Waals surface area contributed by atoms with Gasteiger partial charge in [0.15, 0.2) is 0 Å². The van der Waals surface area contributed by atoms with E-state index in [0.717, 1.165) is 0 Å². The summed E-state index contributed by atoms with van der Waals surface area (Å²) in [6, 6.07) is 41.9. The van der Waals surface area contributed by atoms with Crippen LogP contribution in [0.5, 0.6) is 0 Å². The summed E-state index contributed by atoms with van der Waals surface area (Å²) in [6.45, 7) is 31.0. The highest BCUT2D eigenvalue weighted by molar-refractivity contribution is 5.89. The van der Waals surface area contributed by atoms with Gasteiger partial charge in [-0.1, -0.05) is 86.6 Å². The Morgan fingerprint density at radius 3 is 0.821 bits per heavy atom. The van der Waals surface area contributed by atoms with Crippen molar-refractivity contribution in [1.82, 2.24) is 0 Å². The summed E-state index contributed by atoms with van der Waals surface area (Å²) in [6.07, 6.45) is 0. The minimum absolute atomic E-state index is 1.22. The molecule has 0 amide bonds. The van der Waals surface area contributed by atoms with Gasteiger partial charge in [-0.2, -0.15) is 0 Å². The molecule has 7 aromatic rings. The molecule has 0 atom stereocenters. The van der Waals surface area contributed by atoms with Gasteiger partial charge in [-0.15, -0.1) is 0 Å². The molecule has 0 saturated carbocycles. The smallest absolute Gasteiger partial charge is 0.0142 e. The molecule has 7 aromatic carbocycles. The minimum Gasteiger partial charge on any atom is -0.0683 e. The summed E-state index contributed by atoms with van der Waals surface area (Å²) >= 11 is 0. The number of benzene rings is 7. The molecule has 0 N–H and O–H groups in total. The number of rotatable bonds is 6.